The Morgan fingerprint density at radius 2 is 1.90 bits per heavy atom. The third-order valence-corrected chi connectivity index (χ3v) is 3.86. The van der Waals surface area contributed by atoms with Crippen molar-refractivity contribution >= 4 is 28.9 Å². The molecule has 2 aromatic rings. The van der Waals surface area contributed by atoms with E-state index in [1.54, 1.807) is 4.90 Å². The van der Waals surface area contributed by atoms with E-state index in [2.05, 4.69) is 5.32 Å². The highest BCUT2D eigenvalue weighted by Gasteiger charge is 2.36. The number of benzene rings is 2. The smallest absolute Gasteiger partial charge is 0.256 e. The number of nitrogens with one attached hydrogen (secondary N) is 1. The minimum atomic E-state index is -0.291. The highest BCUT2D eigenvalue weighted by Crippen LogP contribution is 2.22. The van der Waals surface area contributed by atoms with Gasteiger partial charge in [-0.3, -0.25) is 9.69 Å². The molecule has 0 spiro atoms. The van der Waals surface area contributed by atoms with Gasteiger partial charge in [-0.1, -0.05) is 42.5 Å². The Balaban J connectivity index is 1.82. The Morgan fingerprint density at radius 1 is 1.14 bits per heavy atom. The molecule has 1 fully saturated rings. The summed E-state index contributed by atoms with van der Waals surface area (Å²) in [5.74, 6) is 0.00875. The first-order chi connectivity index (χ1) is 10.1. The number of thiocarbonyl (C=S) groups is 1. The van der Waals surface area contributed by atoms with Crippen LogP contribution in [0, 0.1) is 6.92 Å². The van der Waals surface area contributed by atoms with E-state index in [9.17, 15) is 4.79 Å². The average Bonchev–Trinajstić information content (AvgIpc) is 2.74. The maximum atomic E-state index is 12.6. The van der Waals surface area contributed by atoms with E-state index in [1.165, 1.54) is 0 Å². The summed E-state index contributed by atoms with van der Waals surface area (Å²) in [4.78, 5) is 14.2. The lowest BCUT2D eigenvalue weighted by atomic mass is 10.1. The molecule has 1 aliphatic rings. The summed E-state index contributed by atoms with van der Waals surface area (Å²) >= 11 is 5.33. The zero-order chi connectivity index (χ0) is 14.8. The van der Waals surface area contributed by atoms with Crippen molar-refractivity contribution in [2.75, 3.05) is 4.90 Å². The molecule has 1 atom stereocenters. The third kappa shape index (κ3) is 2.81. The average molecular weight is 296 g/mol. The number of anilines is 1. The Labute approximate surface area is 129 Å². The maximum Gasteiger partial charge on any atom is 0.256 e. The molecular formula is C17H16N2OS. The van der Waals surface area contributed by atoms with Gasteiger partial charge in [0.25, 0.3) is 5.91 Å². The quantitative estimate of drug-likeness (QED) is 0.884. The van der Waals surface area contributed by atoms with E-state index in [-0.39, 0.29) is 11.9 Å². The van der Waals surface area contributed by atoms with Gasteiger partial charge in [0.15, 0.2) is 5.11 Å². The molecule has 3 rings (SSSR count). The lowest BCUT2D eigenvalue weighted by Crippen LogP contribution is -2.32. The number of rotatable bonds is 3. The fourth-order valence-electron chi connectivity index (χ4n) is 2.53. The standard InChI is InChI=1S/C17H16N2OS/c1-12-6-5-9-14(10-12)19-16(20)15(18-17(19)21)11-13-7-3-2-4-8-13/h2-10,15H,11H2,1H3,(H,18,21)/t15-/m0/s1. The second kappa shape index (κ2) is 5.66. The van der Waals surface area contributed by atoms with Gasteiger partial charge >= 0.3 is 0 Å². The van der Waals surface area contributed by atoms with Crippen molar-refractivity contribution < 1.29 is 4.79 Å². The molecule has 3 nitrogen and oxygen atoms in total. The van der Waals surface area contributed by atoms with E-state index < -0.39 is 0 Å². The molecule has 0 bridgehead atoms. The summed E-state index contributed by atoms with van der Waals surface area (Å²) in [6, 6.07) is 17.5. The van der Waals surface area contributed by atoms with Crippen molar-refractivity contribution in [3.05, 3.63) is 65.7 Å². The van der Waals surface area contributed by atoms with E-state index in [1.807, 2.05) is 61.5 Å². The molecule has 1 amide bonds. The fraction of sp³-hybridized carbons (Fsp3) is 0.176. The molecule has 1 N–H and O–H groups in total. The number of carbonyl (C=O) groups is 1. The Hall–Kier alpha value is -2.20. The molecule has 0 saturated carbocycles. The highest BCUT2D eigenvalue weighted by atomic mass is 32.1. The van der Waals surface area contributed by atoms with E-state index in [4.69, 9.17) is 12.2 Å². The lowest BCUT2D eigenvalue weighted by molar-refractivity contribution is -0.118. The van der Waals surface area contributed by atoms with Crippen LogP contribution in [-0.2, 0) is 11.2 Å². The van der Waals surface area contributed by atoms with Crippen LogP contribution in [0.2, 0.25) is 0 Å². The molecule has 0 aromatic heterocycles. The van der Waals surface area contributed by atoms with Crippen molar-refractivity contribution in [1.82, 2.24) is 5.32 Å². The summed E-state index contributed by atoms with van der Waals surface area (Å²) in [5.41, 5.74) is 3.06. The molecule has 0 unspecified atom stereocenters. The molecular weight excluding hydrogens is 280 g/mol. The van der Waals surface area contributed by atoms with Gasteiger partial charge in [0, 0.05) is 6.42 Å². The first kappa shape index (κ1) is 13.8. The van der Waals surface area contributed by atoms with Crippen molar-refractivity contribution in [2.24, 2.45) is 0 Å². The molecule has 1 saturated heterocycles. The molecule has 0 aliphatic carbocycles. The summed E-state index contributed by atoms with van der Waals surface area (Å²) in [7, 11) is 0. The van der Waals surface area contributed by atoms with Crippen molar-refractivity contribution in [1.29, 1.82) is 0 Å². The van der Waals surface area contributed by atoms with Crippen LogP contribution in [0.4, 0.5) is 5.69 Å². The zero-order valence-corrected chi connectivity index (χ0v) is 12.6. The number of hydrogen-bond donors (Lipinski definition) is 1. The lowest BCUT2D eigenvalue weighted by Gasteiger charge is -2.15. The number of hydrogen-bond acceptors (Lipinski definition) is 2. The first-order valence-corrected chi connectivity index (χ1v) is 7.31. The highest BCUT2D eigenvalue weighted by molar-refractivity contribution is 7.80. The van der Waals surface area contributed by atoms with Gasteiger partial charge in [0.1, 0.15) is 6.04 Å². The molecule has 0 radical (unpaired) electrons. The largest absolute Gasteiger partial charge is 0.350 e. The summed E-state index contributed by atoms with van der Waals surface area (Å²) in [5, 5.41) is 3.61. The normalized spacial score (nSPS) is 18.0. The van der Waals surface area contributed by atoms with Crippen molar-refractivity contribution in [3.63, 3.8) is 0 Å². The molecule has 1 aliphatic heterocycles. The Morgan fingerprint density at radius 3 is 2.62 bits per heavy atom. The van der Waals surface area contributed by atoms with Crippen LogP contribution in [0.3, 0.4) is 0 Å². The minimum Gasteiger partial charge on any atom is -0.350 e. The van der Waals surface area contributed by atoms with Crippen molar-refractivity contribution in [2.45, 2.75) is 19.4 Å². The van der Waals surface area contributed by atoms with Gasteiger partial charge in [0.2, 0.25) is 0 Å². The van der Waals surface area contributed by atoms with Crippen LogP contribution in [0.15, 0.2) is 54.6 Å². The number of nitrogens with zero attached hydrogens (tertiary/aromatic N) is 1. The van der Waals surface area contributed by atoms with E-state index in [0.717, 1.165) is 16.8 Å². The Kier molecular flexibility index (Phi) is 3.71. The monoisotopic (exact) mass is 296 g/mol. The van der Waals surface area contributed by atoms with E-state index in [0.29, 0.717) is 11.5 Å². The topological polar surface area (TPSA) is 32.3 Å². The molecule has 2 aromatic carbocycles. The van der Waals surface area contributed by atoms with Gasteiger partial charge in [-0.25, -0.2) is 0 Å². The first-order valence-electron chi connectivity index (χ1n) is 6.90. The van der Waals surface area contributed by atoms with Crippen molar-refractivity contribution in [3.8, 4) is 0 Å². The second-order valence-corrected chi connectivity index (χ2v) is 5.59. The van der Waals surface area contributed by atoms with Crippen LogP contribution in [0.5, 0.6) is 0 Å². The van der Waals surface area contributed by atoms with Crippen LogP contribution < -0.4 is 10.2 Å². The second-order valence-electron chi connectivity index (χ2n) is 5.20. The number of aryl methyl sites for hydroxylation is 1. The zero-order valence-electron chi connectivity index (χ0n) is 11.7. The van der Waals surface area contributed by atoms with Crippen LogP contribution in [0.25, 0.3) is 0 Å². The van der Waals surface area contributed by atoms with Crippen LogP contribution >= 0.6 is 12.2 Å². The Bertz CT molecular complexity index is 684. The fourth-order valence-corrected chi connectivity index (χ4v) is 2.87. The van der Waals surface area contributed by atoms with Crippen LogP contribution in [0.1, 0.15) is 11.1 Å². The SMILES string of the molecule is Cc1cccc(N2C(=O)[C@H](Cc3ccccc3)NC2=S)c1. The molecule has 4 heteroatoms. The molecule has 1 heterocycles. The van der Waals surface area contributed by atoms with Crippen LogP contribution in [-0.4, -0.2) is 17.1 Å². The number of amides is 1. The van der Waals surface area contributed by atoms with Gasteiger partial charge in [-0.05, 0) is 42.4 Å². The predicted octanol–water partition coefficient (Wildman–Crippen LogP) is 2.83. The summed E-state index contributed by atoms with van der Waals surface area (Å²) in [6.07, 6.45) is 0.641. The molecule has 106 valence electrons. The van der Waals surface area contributed by atoms with Gasteiger partial charge in [-0.15, -0.1) is 0 Å². The minimum absolute atomic E-state index is 0.00875. The van der Waals surface area contributed by atoms with Gasteiger partial charge in [0.05, 0.1) is 5.69 Å². The molecule has 21 heavy (non-hydrogen) atoms. The third-order valence-electron chi connectivity index (χ3n) is 3.56. The predicted molar refractivity (Wildman–Crippen MR) is 88.3 cm³/mol. The van der Waals surface area contributed by atoms with Gasteiger partial charge in [-0.2, -0.15) is 0 Å². The summed E-state index contributed by atoms with van der Waals surface area (Å²) < 4.78 is 0. The number of carbonyl (C=O) groups excluding carboxylic acids is 1. The van der Waals surface area contributed by atoms with Gasteiger partial charge < -0.3 is 5.32 Å². The summed E-state index contributed by atoms with van der Waals surface area (Å²) in [6.45, 7) is 2.00. The van der Waals surface area contributed by atoms with E-state index >= 15 is 0 Å². The maximum absolute atomic E-state index is 12.6.